The molecule has 0 aromatic rings. The summed E-state index contributed by atoms with van der Waals surface area (Å²) in [4.78, 5) is 36.5. The van der Waals surface area contributed by atoms with Crippen molar-refractivity contribution in [1.29, 1.82) is 0 Å². The predicted molar refractivity (Wildman–Crippen MR) is 186 cm³/mol. The van der Waals surface area contributed by atoms with Crippen LogP contribution in [0.4, 0.5) is 0 Å². The third kappa shape index (κ3) is 11.5. The molecule has 4 fully saturated rings. The largest absolute Gasteiger partial charge is 0.394 e. The second-order valence-corrected chi connectivity index (χ2v) is 14.4. The summed E-state index contributed by atoms with van der Waals surface area (Å²) in [5.41, 5.74) is 5.52. The molecule has 4 aliphatic rings. The minimum Gasteiger partial charge on any atom is -0.394 e. The number of ether oxygens (including phenoxy) is 8. The molecule has 25 nitrogen and oxygen atoms in total. The number of aliphatic hydroxyl groups excluding tert-OH is 10. The standard InChI is InChI=1S/C33H58N4O21/c1-11(41)35-18-24(47)21(44)14(7-38)54-32(18)58-29-20(37-13(3)43)31(53-15(8-39)23(29)46)52-10-17-22(45)26(49)27(50)33(56-17)57-28-16(9-40)55-30(51-6-4-5-34)19(25(28)48)36-12(2)42/h14-33,38-40,44-50H,4-10,34H2,1-3H3,(H,35,41)(H,36,42)(H,37,43)/t14-,15-,16-,17-,18-,19-,20-,21-,22+,23-,24-,25-,26+,27-,28-,29-,30-,31-,32+,33+/m1/s1. The van der Waals surface area contributed by atoms with Crippen LogP contribution in [0.1, 0.15) is 27.2 Å². The van der Waals surface area contributed by atoms with E-state index in [9.17, 15) is 65.4 Å². The van der Waals surface area contributed by atoms with Gasteiger partial charge in [-0.1, -0.05) is 0 Å². The molecule has 15 N–H and O–H groups in total. The first kappa shape index (κ1) is 48.3. The highest BCUT2D eigenvalue weighted by Gasteiger charge is 2.54. The first-order chi connectivity index (χ1) is 27.5. The molecule has 0 unspecified atom stereocenters. The van der Waals surface area contributed by atoms with Gasteiger partial charge in [0.2, 0.25) is 17.7 Å². The number of carbonyl (C=O) groups excluding carboxylic acids is 3. The van der Waals surface area contributed by atoms with Crippen LogP contribution < -0.4 is 21.7 Å². The molecule has 0 bridgehead atoms. The van der Waals surface area contributed by atoms with Gasteiger partial charge in [-0.25, -0.2) is 0 Å². The van der Waals surface area contributed by atoms with E-state index in [1.165, 1.54) is 6.92 Å². The quantitative estimate of drug-likeness (QED) is 0.0604. The Morgan fingerprint density at radius 3 is 1.55 bits per heavy atom. The Labute approximate surface area is 332 Å². The highest BCUT2D eigenvalue weighted by atomic mass is 16.8. The molecule has 0 spiro atoms. The molecule has 58 heavy (non-hydrogen) atoms. The number of nitrogens with two attached hydrogens (primary N) is 1. The lowest BCUT2D eigenvalue weighted by Gasteiger charge is -2.49. The van der Waals surface area contributed by atoms with Crippen molar-refractivity contribution < 1.29 is 103 Å². The zero-order valence-electron chi connectivity index (χ0n) is 32.0. The van der Waals surface area contributed by atoms with E-state index in [0.29, 0.717) is 6.42 Å². The Balaban J connectivity index is 1.55. The number of hydrogen-bond donors (Lipinski definition) is 14. The summed E-state index contributed by atoms with van der Waals surface area (Å²) in [5, 5.41) is 114. The van der Waals surface area contributed by atoms with E-state index >= 15 is 0 Å². The van der Waals surface area contributed by atoms with Crippen molar-refractivity contribution in [1.82, 2.24) is 16.0 Å². The van der Waals surface area contributed by atoms with Crippen LogP contribution in [0, 0.1) is 0 Å². The summed E-state index contributed by atoms with van der Waals surface area (Å²) in [6.45, 7) is 0.579. The van der Waals surface area contributed by atoms with Gasteiger partial charge in [0.25, 0.3) is 0 Å². The first-order valence-electron chi connectivity index (χ1n) is 18.7. The summed E-state index contributed by atoms with van der Waals surface area (Å²) in [7, 11) is 0. The van der Waals surface area contributed by atoms with Crippen LogP contribution in [0.25, 0.3) is 0 Å². The van der Waals surface area contributed by atoms with Crippen LogP contribution in [0.3, 0.4) is 0 Å². The highest BCUT2D eigenvalue weighted by molar-refractivity contribution is 5.74. The summed E-state index contributed by atoms with van der Waals surface area (Å²) < 4.78 is 46.3. The van der Waals surface area contributed by atoms with Crippen LogP contribution in [0.15, 0.2) is 0 Å². The predicted octanol–water partition coefficient (Wildman–Crippen LogP) is -8.94. The molecule has 4 saturated heterocycles. The van der Waals surface area contributed by atoms with Gasteiger partial charge < -0.3 is 111 Å². The van der Waals surface area contributed by atoms with Gasteiger partial charge >= 0.3 is 0 Å². The summed E-state index contributed by atoms with van der Waals surface area (Å²) >= 11 is 0. The van der Waals surface area contributed by atoms with Crippen LogP contribution >= 0.6 is 0 Å². The van der Waals surface area contributed by atoms with Crippen molar-refractivity contribution in [2.75, 3.05) is 39.6 Å². The van der Waals surface area contributed by atoms with Crippen LogP contribution in [0.5, 0.6) is 0 Å². The normalized spacial score (nSPS) is 43.3. The van der Waals surface area contributed by atoms with E-state index in [1.54, 1.807) is 0 Å². The van der Waals surface area contributed by atoms with Crippen molar-refractivity contribution >= 4 is 17.7 Å². The Morgan fingerprint density at radius 2 is 0.983 bits per heavy atom. The monoisotopic (exact) mass is 846 g/mol. The minimum atomic E-state index is -1.98. The van der Waals surface area contributed by atoms with Gasteiger partial charge in [0.15, 0.2) is 25.2 Å². The lowest BCUT2D eigenvalue weighted by molar-refractivity contribution is -0.357. The van der Waals surface area contributed by atoms with E-state index in [-0.39, 0.29) is 13.2 Å². The summed E-state index contributed by atoms with van der Waals surface area (Å²) in [6, 6.07) is -4.23. The Bertz CT molecular complexity index is 1330. The van der Waals surface area contributed by atoms with E-state index in [0.717, 1.165) is 13.8 Å². The second-order valence-electron chi connectivity index (χ2n) is 14.4. The van der Waals surface area contributed by atoms with Gasteiger partial charge in [0.1, 0.15) is 97.5 Å². The van der Waals surface area contributed by atoms with Gasteiger partial charge in [0.05, 0.1) is 33.0 Å². The average Bonchev–Trinajstić information content (AvgIpc) is 3.17. The molecule has 4 rings (SSSR count). The van der Waals surface area contributed by atoms with Gasteiger partial charge in [-0.2, -0.15) is 0 Å². The number of rotatable bonds is 17. The lowest BCUT2D eigenvalue weighted by atomic mass is 9.94. The van der Waals surface area contributed by atoms with Crippen molar-refractivity contribution in [3.8, 4) is 0 Å². The van der Waals surface area contributed by atoms with Crippen LogP contribution in [0.2, 0.25) is 0 Å². The summed E-state index contributed by atoms with van der Waals surface area (Å²) in [5.74, 6) is -1.98. The maximum atomic E-state index is 12.4. The lowest BCUT2D eigenvalue weighted by Crippen LogP contribution is -2.70. The number of nitrogens with one attached hydrogen (secondary N) is 3. The first-order valence-corrected chi connectivity index (χ1v) is 18.7. The van der Waals surface area contributed by atoms with E-state index in [1.807, 2.05) is 0 Å². The molecule has 4 aliphatic heterocycles. The fourth-order valence-corrected chi connectivity index (χ4v) is 7.06. The zero-order valence-corrected chi connectivity index (χ0v) is 32.0. The van der Waals surface area contributed by atoms with Crippen molar-refractivity contribution in [2.45, 2.75) is 150 Å². The van der Waals surface area contributed by atoms with Gasteiger partial charge in [-0.3, -0.25) is 14.4 Å². The Kier molecular flexibility index (Phi) is 18.3. The molecular formula is C33H58N4O21. The number of aliphatic hydroxyl groups is 10. The van der Waals surface area contributed by atoms with Gasteiger partial charge in [-0.15, -0.1) is 0 Å². The summed E-state index contributed by atoms with van der Waals surface area (Å²) in [6.07, 6.45) is -27.7. The molecule has 20 atom stereocenters. The van der Waals surface area contributed by atoms with E-state index in [4.69, 9.17) is 43.6 Å². The van der Waals surface area contributed by atoms with Gasteiger partial charge in [-0.05, 0) is 13.0 Å². The fourth-order valence-electron chi connectivity index (χ4n) is 7.06. The topological polar surface area (TPSA) is 389 Å². The maximum absolute atomic E-state index is 12.4. The molecule has 3 amide bonds. The van der Waals surface area contributed by atoms with Crippen molar-refractivity contribution in [3.05, 3.63) is 0 Å². The molecule has 0 aromatic carbocycles. The number of hydrogen-bond acceptors (Lipinski definition) is 22. The molecule has 0 radical (unpaired) electrons. The van der Waals surface area contributed by atoms with Crippen molar-refractivity contribution in [2.24, 2.45) is 5.73 Å². The third-order valence-electron chi connectivity index (χ3n) is 10.0. The minimum absolute atomic E-state index is 0.0750. The number of carbonyl (C=O) groups is 3. The van der Waals surface area contributed by atoms with Gasteiger partial charge in [0, 0.05) is 20.8 Å². The molecule has 336 valence electrons. The average molecular weight is 847 g/mol. The molecule has 4 heterocycles. The smallest absolute Gasteiger partial charge is 0.217 e. The number of amides is 3. The SMILES string of the molecule is CC(=O)N[C@H]1[C@H](OCCCN)O[C@H](CO)[C@@H](O[C@@H]2O[C@H](CO[C@@H]3O[C@H](CO)[C@@H](O)[C@H](O[C@@H]4O[C@H](CO)[C@@H](O)[C@H](O)[C@H]4NC(C)=O)[C@H]3NC(C)=O)[C@H](O)[C@H](O)[C@H]2O)[C@@H]1O. The molecule has 0 aromatic heterocycles. The fraction of sp³-hybridized carbons (Fsp3) is 0.909. The van der Waals surface area contributed by atoms with Crippen LogP contribution in [-0.2, 0) is 52.3 Å². The second kappa shape index (κ2) is 22.0. The van der Waals surface area contributed by atoms with E-state index in [2.05, 4.69) is 16.0 Å². The Morgan fingerprint density at radius 1 is 0.517 bits per heavy atom. The molecule has 25 heteroatoms. The molecular weight excluding hydrogens is 788 g/mol. The molecule has 0 saturated carbocycles. The van der Waals surface area contributed by atoms with Crippen LogP contribution in [-0.4, -0.2) is 231 Å². The van der Waals surface area contributed by atoms with E-state index < -0.39 is 167 Å². The molecule has 0 aliphatic carbocycles. The highest BCUT2D eigenvalue weighted by Crippen LogP contribution is 2.33. The third-order valence-corrected chi connectivity index (χ3v) is 10.0. The maximum Gasteiger partial charge on any atom is 0.217 e. The Hall–Kier alpha value is -2.35. The van der Waals surface area contributed by atoms with Crippen molar-refractivity contribution in [3.63, 3.8) is 0 Å². The zero-order chi connectivity index (χ0) is 43.0.